The van der Waals surface area contributed by atoms with Crippen LogP contribution in [0, 0.1) is 0 Å². The second-order valence-corrected chi connectivity index (χ2v) is 8.16. The average molecular weight is 382 g/mol. The number of carbonyl (C=O) groups is 1. The van der Waals surface area contributed by atoms with E-state index in [4.69, 9.17) is 9.47 Å². The molecule has 1 aromatic rings. The Hall–Kier alpha value is -2.23. The van der Waals surface area contributed by atoms with Crippen LogP contribution in [0.1, 0.15) is 69.8 Å². The molecular weight excluding hydrogens is 350 g/mol. The summed E-state index contributed by atoms with van der Waals surface area (Å²) >= 11 is 0. The van der Waals surface area contributed by atoms with Gasteiger partial charge in [-0.05, 0) is 43.4 Å². The van der Waals surface area contributed by atoms with Crippen molar-refractivity contribution in [3.8, 4) is 11.5 Å². The van der Waals surface area contributed by atoms with E-state index >= 15 is 0 Å². The van der Waals surface area contributed by atoms with Gasteiger partial charge in [0.1, 0.15) is 0 Å². The number of hydrogen-bond donors (Lipinski definition) is 0. The summed E-state index contributed by atoms with van der Waals surface area (Å²) in [7, 11) is 0. The minimum atomic E-state index is 0.189. The summed E-state index contributed by atoms with van der Waals surface area (Å²) in [5.74, 6) is 1.76. The third kappa shape index (κ3) is 4.60. The molecule has 4 heteroatoms. The topological polar surface area (TPSA) is 38.8 Å². The first-order chi connectivity index (χ1) is 13.8. The van der Waals surface area contributed by atoms with E-state index in [9.17, 15) is 4.79 Å². The standard InChI is InChI=1S/C24H31NO3/c26-24(14-8-7-9-19-15-16-22-23(17-19)28-18-27-22)25(20-10-3-1-4-11-20)21-12-5-2-6-13-21/h7-9,14-17,20-21H,1-6,10-13,18H2/b9-7-,14-8+. The molecular formula is C24H31NO3. The van der Waals surface area contributed by atoms with E-state index in [0.29, 0.717) is 12.1 Å². The molecule has 1 aromatic carbocycles. The fourth-order valence-corrected chi connectivity index (χ4v) is 4.78. The van der Waals surface area contributed by atoms with Crippen LogP contribution in [0.25, 0.3) is 6.08 Å². The van der Waals surface area contributed by atoms with Gasteiger partial charge in [-0.1, -0.05) is 62.8 Å². The van der Waals surface area contributed by atoms with E-state index in [0.717, 1.165) is 17.1 Å². The Morgan fingerprint density at radius 3 is 2.18 bits per heavy atom. The van der Waals surface area contributed by atoms with Crippen LogP contribution in [-0.4, -0.2) is 29.7 Å². The van der Waals surface area contributed by atoms with Crippen molar-refractivity contribution in [2.45, 2.75) is 76.3 Å². The van der Waals surface area contributed by atoms with Crippen molar-refractivity contribution in [1.29, 1.82) is 0 Å². The Bertz CT molecular complexity index is 709. The van der Waals surface area contributed by atoms with Crippen molar-refractivity contribution in [2.24, 2.45) is 0 Å². The molecule has 4 nitrogen and oxygen atoms in total. The van der Waals surface area contributed by atoms with E-state index in [1.807, 2.05) is 36.4 Å². The zero-order valence-electron chi connectivity index (χ0n) is 16.6. The van der Waals surface area contributed by atoms with Crippen molar-refractivity contribution in [2.75, 3.05) is 6.79 Å². The van der Waals surface area contributed by atoms with E-state index in [1.165, 1.54) is 64.2 Å². The SMILES string of the molecule is O=C(/C=C/C=C\c1ccc2c(c1)OCO2)N(C1CCCCC1)C1CCCCC1. The summed E-state index contributed by atoms with van der Waals surface area (Å²) in [5.41, 5.74) is 1.04. The number of allylic oxidation sites excluding steroid dienone is 2. The summed E-state index contributed by atoms with van der Waals surface area (Å²) in [6, 6.07) is 6.75. The number of amides is 1. The maximum Gasteiger partial charge on any atom is 0.247 e. The Morgan fingerprint density at radius 1 is 0.857 bits per heavy atom. The molecule has 3 aliphatic rings. The van der Waals surface area contributed by atoms with Gasteiger partial charge < -0.3 is 14.4 Å². The molecule has 1 heterocycles. The quantitative estimate of drug-likeness (QED) is 0.501. The van der Waals surface area contributed by atoms with Gasteiger partial charge in [0.25, 0.3) is 0 Å². The lowest BCUT2D eigenvalue weighted by molar-refractivity contribution is -0.132. The molecule has 28 heavy (non-hydrogen) atoms. The monoisotopic (exact) mass is 381 g/mol. The van der Waals surface area contributed by atoms with Gasteiger partial charge in [-0.3, -0.25) is 4.79 Å². The second kappa shape index (κ2) is 9.31. The lowest BCUT2D eigenvalue weighted by atomic mass is 9.88. The highest BCUT2D eigenvalue weighted by Gasteiger charge is 2.31. The van der Waals surface area contributed by atoms with Crippen LogP contribution in [0.15, 0.2) is 36.4 Å². The van der Waals surface area contributed by atoms with Crippen LogP contribution in [0.5, 0.6) is 11.5 Å². The third-order valence-electron chi connectivity index (χ3n) is 6.23. The molecule has 1 aliphatic heterocycles. The first kappa shape index (κ1) is 19.1. The highest BCUT2D eigenvalue weighted by Crippen LogP contribution is 2.33. The molecule has 150 valence electrons. The minimum absolute atomic E-state index is 0.189. The highest BCUT2D eigenvalue weighted by atomic mass is 16.7. The third-order valence-corrected chi connectivity index (χ3v) is 6.23. The first-order valence-corrected chi connectivity index (χ1v) is 10.9. The number of benzene rings is 1. The molecule has 2 aliphatic carbocycles. The molecule has 4 rings (SSSR count). The smallest absolute Gasteiger partial charge is 0.247 e. The molecule has 0 bridgehead atoms. The average Bonchev–Trinajstić information content (AvgIpc) is 3.21. The molecule has 2 saturated carbocycles. The lowest BCUT2D eigenvalue weighted by Crippen LogP contribution is -2.48. The first-order valence-electron chi connectivity index (χ1n) is 10.9. The summed E-state index contributed by atoms with van der Waals surface area (Å²) in [4.78, 5) is 15.3. The van der Waals surface area contributed by atoms with E-state index in [1.54, 1.807) is 6.08 Å². The van der Waals surface area contributed by atoms with Gasteiger partial charge in [0, 0.05) is 18.2 Å². The highest BCUT2D eigenvalue weighted by molar-refractivity contribution is 5.88. The Kier molecular flexibility index (Phi) is 6.35. The predicted molar refractivity (Wildman–Crippen MR) is 111 cm³/mol. The fraction of sp³-hybridized carbons (Fsp3) is 0.542. The van der Waals surface area contributed by atoms with Crippen LogP contribution in [0.4, 0.5) is 0 Å². The number of ether oxygens (including phenoxy) is 2. The molecule has 0 radical (unpaired) electrons. The van der Waals surface area contributed by atoms with Crippen LogP contribution >= 0.6 is 0 Å². The van der Waals surface area contributed by atoms with Crippen LogP contribution < -0.4 is 9.47 Å². The van der Waals surface area contributed by atoms with Crippen LogP contribution in [-0.2, 0) is 4.79 Å². The zero-order chi connectivity index (χ0) is 19.2. The molecule has 0 aromatic heterocycles. The normalized spacial score (nSPS) is 20.9. The van der Waals surface area contributed by atoms with E-state index < -0.39 is 0 Å². The van der Waals surface area contributed by atoms with Crippen molar-refractivity contribution < 1.29 is 14.3 Å². The Morgan fingerprint density at radius 2 is 1.50 bits per heavy atom. The predicted octanol–water partition coefficient (Wildman–Crippen LogP) is 5.48. The molecule has 0 spiro atoms. The summed E-state index contributed by atoms with van der Waals surface area (Å²) in [6.07, 6.45) is 19.9. The van der Waals surface area contributed by atoms with Crippen molar-refractivity contribution in [1.82, 2.24) is 4.90 Å². The number of carbonyl (C=O) groups excluding carboxylic acids is 1. The zero-order valence-corrected chi connectivity index (χ0v) is 16.6. The Labute approximate surface area is 168 Å². The second-order valence-electron chi connectivity index (χ2n) is 8.16. The van der Waals surface area contributed by atoms with Gasteiger partial charge in [-0.15, -0.1) is 0 Å². The number of fused-ring (bicyclic) bond motifs is 1. The number of rotatable bonds is 5. The Balaban J connectivity index is 1.41. The van der Waals surface area contributed by atoms with Gasteiger partial charge in [-0.2, -0.15) is 0 Å². The van der Waals surface area contributed by atoms with Crippen molar-refractivity contribution >= 4 is 12.0 Å². The molecule has 0 unspecified atom stereocenters. The van der Waals surface area contributed by atoms with E-state index in [-0.39, 0.29) is 12.7 Å². The van der Waals surface area contributed by atoms with Gasteiger partial charge >= 0.3 is 0 Å². The molecule has 1 amide bonds. The van der Waals surface area contributed by atoms with Gasteiger partial charge in [0.05, 0.1) is 0 Å². The maximum absolute atomic E-state index is 13.1. The van der Waals surface area contributed by atoms with Gasteiger partial charge in [0.15, 0.2) is 11.5 Å². The van der Waals surface area contributed by atoms with Crippen molar-refractivity contribution in [3.63, 3.8) is 0 Å². The minimum Gasteiger partial charge on any atom is -0.454 e. The van der Waals surface area contributed by atoms with E-state index in [2.05, 4.69) is 4.90 Å². The van der Waals surface area contributed by atoms with Crippen molar-refractivity contribution in [3.05, 3.63) is 42.0 Å². The maximum atomic E-state index is 13.1. The van der Waals surface area contributed by atoms with Crippen LogP contribution in [0.3, 0.4) is 0 Å². The molecule has 0 saturated heterocycles. The van der Waals surface area contributed by atoms with Crippen LogP contribution in [0.2, 0.25) is 0 Å². The summed E-state index contributed by atoms with van der Waals surface area (Å²) < 4.78 is 10.8. The van der Waals surface area contributed by atoms with Gasteiger partial charge in [0.2, 0.25) is 12.7 Å². The summed E-state index contributed by atoms with van der Waals surface area (Å²) in [6.45, 7) is 0.287. The summed E-state index contributed by atoms with van der Waals surface area (Å²) in [5, 5.41) is 0. The van der Waals surface area contributed by atoms with Gasteiger partial charge in [-0.25, -0.2) is 0 Å². The number of nitrogens with zero attached hydrogens (tertiary/aromatic N) is 1. The largest absolute Gasteiger partial charge is 0.454 e. The fourth-order valence-electron chi connectivity index (χ4n) is 4.78. The number of hydrogen-bond acceptors (Lipinski definition) is 3. The lowest BCUT2D eigenvalue weighted by Gasteiger charge is -2.41. The molecule has 2 fully saturated rings. The molecule has 0 N–H and O–H groups in total. The molecule has 0 atom stereocenters.